The Balaban J connectivity index is 2.07. The molecule has 0 saturated heterocycles. The van der Waals surface area contributed by atoms with Gasteiger partial charge in [0.1, 0.15) is 5.75 Å². The standard InChI is InChI=1S/C15H19N3O3/c1-17(9-11-8-16-18(2)10-11)15(20)14(19)12-5-4-6-13(7-12)21-3/h4-8,10,14,19H,9H2,1-3H3. The van der Waals surface area contributed by atoms with E-state index in [-0.39, 0.29) is 5.91 Å². The Morgan fingerprint density at radius 1 is 1.52 bits per heavy atom. The molecule has 1 heterocycles. The molecule has 6 nitrogen and oxygen atoms in total. The van der Waals surface area contributed by atoms with Crippen LogP contribution in [0.2, 0.25) is 0 Å². The monoisotopic (exact) mass is 289 g/mol. The van der Waals surface area contributed by atoms with Crippen molar-refractivity contribution in [2.75, 3.05) is 14.2 Å². The number of ether oxygens (including phenoxy) is 1. The summed E-state index contributed by atoms with van der Waals surface area (Å²) in [5, 5.41) is 14.2. The van der Waals surface area contributed by atoms with Gasteiger partial charge >= 0.3 is 0 Å². The fourth-order valence-electron chi connectivity index (χ4n) is 2.07. The second-order valence-corrected chi connectivity index (χ2v) is 4.90. The molecule has 6 heteroatoms. The molecule has 112 valence electrons. The quantitative estimate of drug-likeness (QED) is 0.895. The summed E-state index contributed by atoms with van der Waals surface area (Å²) >= 11 is 0. The van der Waals surface area contributed by atoms with Crippen LogP contribution in [0.3, 0.4) is 0 Å². The zero-order chi connectivity index (χ0) is 15.4. The van der Waals surface area contributed by atoms with Gasteiger partial charge in [-0.2, -0.15) is 5.10 Å². The second-order valence-electron chi connectivity index (χ2n) is 4.90. The van der Waals surface area contributed by atoms with Crippen LogP contribution in [0.4, 0.5) is 0 Å². The molecule has 2 aromatic rings. The van der Waals surface area contributed by atoms with Crippen molar-refractivity contribution in [2.24, 2.45) is 7.05 Å². The molecule has 0 spiro atoms. The van der Waals surface area contributed by atoms with Crippen molar-refractivity contribution in [1.82, 2.24) is 14.7 Å². The van der Waals surface area contributed by atoms with Crippen LogP contribution in [0.15, 0.2) is 36.7 Å². The van der Waals surface area contributed by atoms with Crippen LogP contribution in [0, 0.1) is 0 Å². The number of aliphatic hydroxyl groups is 1. The first-order valence-corrected chi connectivity index (χ1v) is 6.55. The van der Waals surface area contributed by atoms with Gasteiger partial charge in [-0.05, 0) is 17.7 Å². The smallest absolute Gasteiger partial charge is 0.256 e. The average molecular weight is 289 g/mol. The van der Waals surface area contributed by atoms with Gasteiger partial charge in [-0.25, -0.2) is 0 Å². The lowest BCUT2D eigenvalue weighted by Crippen LogP contribution is -2.31. The Morgan fingerprint density at radius 2 is 2.29 bits per heavy atom. The first kappa shape index (κ1) is 15.1. The van der Waals surface area contributed by atoms with E-state index in [0.29, 0.717) is 17.9 Å². The first-order valence-electron chi connectivity index (χ1n) is 6.55. The maximum atomic E-state index is 12.3. The molecule has 1 amide bonds. The van der Waals surface area contributed by atoms with E-state index >= 15 is 0 Å². The minimum absolute atomic E-state index is 0.368. The van der Waals surface area contributed by atoms with Gasteiger partial charge in [0.25, 0.3) is 5.91 Å². The number of carbonyl (C=O) groups excluding carboxylic acids is 1. The van der Waals surface area contributed by atoms with Crippen LogP contribution in [0.25, 0.3) is 0 Å². The van der Waals surface area contributed by atoms with Crippen LogP contribution in [0.1, 0.15) is 17.2 Å². The Bertz CT molecular complexity index is 624. The molecule has 1 aromatic carbocycles. The van der Waals surface area contributed by atoms with Crippen LogP contribution in [-0.4, -0.2) is 39.9 Å². The molecule has 2 rings (SSSR count). The average Bonchev–Trinajstić information content (AvgIpc) is 2.90. The van der Waals surface area contributed by atoms with E-state index in [2.05, 4.69) is 5.10 Å². The van der Waals surface area contributed by atoms with Crippen molar-refractivity contribution < 1.29 is 14.6 Å². The highest BCUT2D eigenvalue weighted by molar-refractivity contribution is 5.81. The minimum Gasteiger partial charge on any atom is -0.497 e. The SMILES string of the molecule is COc1cccc(C(O)C(=O)N(C)Cc2cnn(C)c2)c1. The topological polar surface area (TPSA) is 67.6 Å². The van der Waals surface area contributed by atoms with Gasteiger partial charge in [-0.3, -0.25) is 9.48 Å². The van der Waals surface area contributed by atoms with Gasteiger partial charge in [0.05, 0.1) is 13.3 Å². The lowest BCUT2D eigenvalue weighted by Gasteiger charge is -2.20. The highest BCUT2D eigenvalue weighted by atomic mass is 16.5. The predicted octanol–water partition coefficient (Wildman–Crippen LogP) is 1.12. The number of nitrogens with zero attached hydrogens (tertiary/aromatic N) is 3. The Kier molecular flexibility index (Phi) is 4.59. The van der Waals surface area contributed by atoms with Gasteiger partial charge < -0.3 is 14.7 Å². The molecule has 1 aromatic heterocycles. The van der Waals surface area contributed by atoms with E-state index in [9.17, 15) is 9.90 Å². The number of rotatable bonds is 5. The molecule has 0 fully saturated rings. The van der Waals surface area contributed by atoms with Gasteiger partial charge in [0.2, 0.25) is 0 Å². The summed E-state index contributed by atoms with van der Waals surface area (Å²) in [4.78, 5) is 13.7. The third kappa shape index (κ3) is 3.61. The van der Waals surface area contributed by atoms with Gasteiger partial charge in [0.15, 0.2) is 6.10 Å². The number of carbonyl (C=O) groups is 1. The number of hydrogen-bond acceptors (Lipinski definition) is 4. The van der Waals surface area contributed by atoms with Gasteiger partial charge in [-0.1, -0.05) is 12.1 Å². The molecule has 21 heavy (non-hydrogen) atoms. The molecule has 0 bridgehead atoms. The molecular weight excluding hydrogens is 270 g/mol. The van der Waals surface area contributed by atoms with Gasteiger partial charge in [-0.15, -0.1) is 0 Å². The van der Waals surface area contributed by atoms with Crippen molar-refractivity contribution >= 4 is 5.91 Å². The van der Waals surface area contributed by atoms with Crippen molar-refractivity contribution in [2.45, 2.75) is 12.6 Å². The maximum Gasteiger partial charge on any atom is 0.256 e. The van der Waals surface area contributed by atoms with E-state index in [1.165, 1.54) is 4.90 Å². The van der Waals surface area contributed by atoms with Gasteiger partial charge in [0, 0.05) is 32.4 Å². The molecule has 0 aliphatic rings. The third-order valence-corrected chi connectivity index (χ3v) is 3.20. The second kappa shape index (κ2) is 6.41. The molecule has 1 unspecified atom stereocenters. The highest BCUT2D eigenvalue weighted by Gasteiger charge is 2.22. The normalized spacial score (nSPS) is 12.0. The minimum atomic E-state index is -1.21. The molecule has 0 saturated carbocycles. The Morgan fingerprint density at radius 3 is 2.90 bits per heavy atom. The van der Waals surface area contributed by atoms with Crippen LogP contribution in [0.5, 0.6) is 5.75 Å². The zero-order valence-electron chi connectivity index (χ0n) is 12.4. The summed E-state index contributed by atoms with van der Waals surface area (Å²) in [6.07, 6.45) is 2.32. The number of aryl methyl sites for hydroxylation is 1. The van der Waals surface area contributed by atoms with Crippen molar-refractivity contribution in [1.29, 1.82) is 0 Å². The Hall–Kier alpha value is -2.34. The first-order chi connectivity index (χ1) is 10.0. The summed E-state index contributed by atoms with van der Waals surface area (Å²) < 4.78 is 6.77. The summed E-state index contributed by atoms with van der Waals surface area (Å²) in [7, 11) is 5.01. The van der Waals surface area contributed by atoms with Crippen LogP contribution >= 0.6 is 0 Å². The number of aliphatic hydroxyl groups excluding tert-OH is 1. The fourth-order valence-corrected chi connectivity index (χ4v) is 2.07. The largest absolute Gasteiger partial charge is 0.497 e. The van der Waals surface area contributed by atoms with Crippen molar-refractivity contribution in [3.63, 3.8) is 0 Å². The molecule has 0 aliphatic carbocycles. The third-order valence-electron chi connectivity index (χ3n) is 3.20. The van der Waals surface area contributed by atoms with E-state index in [1.54, 1.807) is 49.3 Å². The molecule has 1 atom stereocenters. The molecular formula is C15H19N3O3. The summed E-state index contributed by atoms with van der Waals surface area (Å²) in [5.74, 6) is 0.237. The molecule has 0 radical (unpaired) electrons. The molecule has 0 aliphatic heterocycles. The number of likely N-dealkylation sites (N-methyl/N-ethyl adjacent to an activating group) is 1. The maximum absolute atomic E-state index is 12.3. The lowest BCUT2D eigenvalue weighted by atomic mass is 10.1. The van der Waals surface area contributed by atoms with Crippen LogP contribution in [-0.2, 0) is 18.4 Å². The Labute approximate surface area is 123 Å². The van der Waals surface area contributed by atoms with Crippen LogP contribution < -0.4 is 4.74 Å². The summed E-state index contributed by atoms with van der Waals surface area (Å²) in [5.41, 5.74) is 1.42. The van der Waals surface area contributed by atoms with Crippen molar-refractivity contribution in [3.8, 4) is 5.75 Å². The number of benzene rings is 1. The number of hydrogen-bond donors (Lipinski definition) is 1. The van der Waals surface area contributed by atoms with E-state index in [0.717, 1.165) is 5.56 Å². The van der Waals surface area contributed by atoms with Crippen molar-refractivity contribution in [3.05, 3.63) is 47.8 Å². The highest BCUT2D eigenvalue weighted by Crippen LogP contribution is 2.21. The lowest BCUT2D eigenvalue weighted by molar-refractivity contribution is -0.139. The summed E-state index contributed by atoms with van der Waals surface area (Å²) in [6, 6.07) is 6.86. The van der Waals surface area contributed by atoms with E-state index < -0.39 is 6.10 Å². The van der Waals surface area contributed by atoms with E-state index in [1.807, 2.05) is 13.2 Å². The van der Waals surface area contributed by atoms with E-state index in [4.69, 9.17) is 4.74 Å². The summed E-state index contributed by atoms with van der Waals surface area (Å²) in [6.45, 7) is 0.397. The zero-order valence-corrected chi connectivity index (χ0v) is 12.4. The number of amides is 1. The molecule has 1 N–H and O–H groups in total. The predicted molar refractivity (Wildman–Crippen MR) is 77.6 cm³/mol. The number of methoxy groups -OCH3 is 1. The number of aromatic nitrogens is 2. The fraction of sp³-hybridized carbons (Fsp3) is 0.333.